The average Bonchev–Trinajstić information content (AvgIpc) is 2.39. The molecule has 0 spiro atoms. The van der Waals surface area contributed by atoms with Crippen LogP contribution in [0.25, 0.3) is 0 Å². The molecule has 2 N–H and O–H groups in total. The Bertz CT molecular complexity index is 148. The molecule has 0 unspecified atom stereocenters. The van der Waals surface area contributed by atoms with Gasteiger partial charge in [0.2, 0.25) is 0 Å². The Hall–Kier alpha value is -0.0800. The van der Waals surface area contributed by atoms with E-state index < -0.39 is 6.10 Å². The Balaban J connectivity index is 2.94. The summed E-state index contributed by atoms with van der Waals surface area (Å²) in [5.41, 5.74) is 0. The standard InChI is InChI=1S/C16H34O2/c1-2-3-4-5-6-7-8-9-10-11-12-13-14-16(18)15-17/h16-18H,2-15H2,1H3/t16-/m0/s1. The van der Waals surface area contributed by atoms with Crippen LogP contribution in [0.4, 0.5) is 0 Å². The van der Waals surface area contributed by atoms with E-state index in [1.807, 2.05) is 0 Å². The van der Waals surface area contributed by atoms with Gasteiger partial charge in [0, 0.05) is 0 Å². The molecule has 2 heteroatoms. The molecule has 0 amide bonds. The van der Waals surface area contributed by atoms with Crippen LogP contribution in [-0.4, -0.2) is 22.9 Å². The van der Waals surface area contributed by atoms with Crippen molar-refractivity contribution < 1.29 is 10.2 Å². The minimum Gasteiger partial charge on any atom is -0.394 e. The summed E-state index contributed by atoms with van der Waals surface area (Å²) in [5, 5.41) is 17.8. The summed E-state index contributed by atoms with van der Waals surface area (Å²) < 4.78 is 0. The van der Waals surface area contributed by atoms with Crippen molar-refractivity contribution in [1.82, 2.24) is 0 Å². The normalized spacial score (nSPS) is 12.8. The van der Waals surface area contributed by atoms with Gasteiger partial charge in [-0.15, -0.1) is 0 Å². The molecule has 110 valence electrons. The predicted octanol–water partition coefficient (Wildman–Crippen LogP) is 4.43. The largest absolute Gasteiger partial charge is 0.394 e. The van der Waals surface area contributed by atoms with Gasteiger partial charge in [-0.3, -0.25) is 0 Å². The van der Waals surface area contributed by atoms with Crippen LogP contribution in [0.2, 0.25) is 0 Å². The SMILES string of the molecule is CCCCCCCCCCCCCC[C@H](O)CO. The van der Waals surface area contributed by atoms with Gasteiger partial charge in [-0.05, 0) is 6.42 Å². The van der Waals surface area contributed by atoms with E-state index in [9.17, 15) is 0 Å². The number of hydrogen-bond donors (Lipinski definition) is 2. The quantitative estimate of drug-likeness (QED) is 0.452. The second-order valence-corrected chi connectivity index (χ2v) is 5.51. The van der Waals surface area contributed by atoms with Crippen molar-refractivity contribution in [2.75, 3.05) is 6.61 Å². The summed E-state index contributed by atoms with van der Waals surface area (Å²) >= 11 is 0. The summed E-state index contributed by atoms with van der Waals surface area (Å²) in [6.45, 7) is 2.18. The zero-order valence-electron chi connectivity index (χ0n) is 12.4. The van der Waals surface area contributed by atoms with Gasteiger partial charge in [-0.25, -0.2) is 0 Å². The second kappa shape index (κ2) is 15.0. The summed E-state index contributed by atoms with van der Waals surface area (Å²) in [7, 11) is 0. The van der Waals surface area contributed by atoms with Crippen LogP contribution in [0.5, 0.6) is 0 Å². The summed E-state index contributed by atoms with van der Waals surface area (Å²) in [6, 6.07) is 0. The van der Waals surface area contributed by atoms with Gasteiger partial charge in [-0.2, -0.15) is 0 Å². The smallest absolute Gasteiger partial charge is 0.0770 e. The molecule has 0 aromatic carbocycles. The van der Waals surface area contributed by atoms with Crippen molar-refractivity contribution in [3.63, 3.8) is 0 Å². The number of aliphatic hydroxyl groups excluding tert-OH is 2. The first-order valence-electron chi connectivity index (χ1n) is 8.10. The molecule has 0 aliphatic heterocycles. The molecule has 0 aliphatic rings. The second-order valence-electron chi connectivity index (χ2n) is 5.51. The van der Waals surface area contributed by atoms with Crippen LogP contribution < -0.4 is 0 Å². The molecule has 0 rings (SSSR count). The lowest BCUT2D eigenvalue weighted by Crippen LogP contribution is -2.10. The molecule has 0 aromatic rings. The maximum Gasteiger partial charge on any atom is 0.0770 e. The molecule has 0 fully saturated rings. The fraction of sp³-hybridized carbons (Fsp3) is 1.00. The highest BCUT2D eigenvalue weighted by Gasteiger charge is 2.00. The molecule has 0 radical (unpaired) electrons. The van der Waals surface area contributed by atoms with Gasteiger partial charge >= 0.3 is 0 Å². The van der Waals surface area contributed by atoms with E-state index in [4.69, 9.17) is 10.2 Å². The number of hydrogen-bond acceptors (Lipinski definition) is 2. The third-order valence-electron chi connectivity index (χ3n) is 3.60. The molecule has 0 aromatic heterocycles. The van der Waals surface area contributed by atoms with Crippen molar-refractivity contribution in [1.29, 1.82) is 0 Å². The van der Waals surface area contributed by atoms with Crippen LogP contribution in [0.1, 0.15) is 90.4 Å². The van der Waals surface area contributed by atoms with E-state index in [1.54, 1.807) is 0 Å². The third-order valence-corrected chi connectivity index (χ3v) is 3.60. The third kappa shape index (κ3) is 14.0. The number of unbranched alkanes of at least 4 members (excludes halogenated alkanes) is 11. The molecular formula is C16H34O2. The van der Waals surface area contributed by atoms with E-state index in [0.717, 1.165) is 12.8 Å². The molecule has 0 heterocycles. The van der Waals surface area contributed by atoms with Crippen LogP contribution >= 0.6 is 0 Å². The molecule has 2 nitrogen and oxygen atoms in total. The van der Waals surface area contributed by atoms with Gasteiger partial charge < -0.3 is 10.2 Å². The van der Waals surface area contributed by atoms with E-state index in [0.29, 0.717) is 0 Å². The molecule has 1 atom stereocenters. The first-order valence-corrected chi connectivity index (χ1v) is 8.10. The van der Waals surface area contributed by atoms with Crippen LogP contribution in [0.3, 0.4) is 0 Å². The van der Waals surface area contributed by atoms with E-state index >= 15 is 0 Å². The first kappa shape index (κ1) is 17.9. The Morgan fingerprint density at radius 2 is 1.06 bits per heavy atom. The lowest BCUT2D eigenvalue weighted by molar-refractivity contribution is 0.0860. The Labute approximate surface area is 114 Å². The highest BCUT2D eigenvalue weighted by molar-refractivity contribution is 4.53. The monoisotopic (exact) mass is 258 g/mol. The summed E-state index contributed by atoms with van der Waals surface area (Å²) in [6.07, 6.45) is 16.3. The predicted molar refractivity (Wildman–Crippen MR) is 78.8 cm³/mol. The van der Waals surface area contributed by atoms with Crippen LogP contribution in [0, 0.1) is 0 Å². The van der Waals surface area contributed by atoms with Crippen molar-refractivity contribution in [2.45, 2.75) is 96.5 Å². The lowest BCUT2D eigenvalue weighted by Gasteiger charge is -2.06. The van der Waals surface area contributed by atoms with Gasteiger partial charge in [0.25, 0.3) is 0 Å². The van der Waals surface area contributed by atoms with Gasteiger partial charge in [0.1, 0.15) is 0 Å². The average molecular weight is 258 g/mol. The number of rotatable bonds is 14. The Morgan fingerprint density at radius 1 is 0.667 bits per heavy atom. The van der Waals surface area contributed by atoms with Crippen LogP contribution in [0.15, 0.2) is 0 Å². The molecule has 0 bridgehead atoms. The van der Waals surface area contributed by atoms with Gasteiger partial charge in [-0.1, -0.05) is 84.0 Å². The lowest BCUT2D eigenvalue weighted by atomic mass is 10.0. The van der Waals surface area contributed by atoms with E-state index in [-0.39, 0.29) is 6.61 Å². The highest BCUT2D eigenvalue weighted by atomic mass is 16.3. The van der Waals surface area contributed by atoms with Gasteiger partial charge in [0.05, 0.1) is 12.7 Å². The van der Waals surface area contributed by atoms with Crippen molar-refractivity contribution in [3.8, 4) is 0 Å². The summed E-state index contributed by atoms with van der Waals surface area (Å²) in [4.78, 5) is 0. The molecule has 0 saturated carbocycles. The zero-order valence-corrected chi connectivity index (χ0v) is 12.4. The molecular weight excluding hydrogens is 224 g/mol. The van der Waals surface area contributed by atoms with Gasteiger partial charge in [0.15, 0.2) is 0 Å². The van der Waals surface area contributed by atoms with Crippen molar-refractivity contribution >= 4 is 0 Å². The van der Waals surface area contributed by atoms with E-state index in [1.165, 1.54) is 70.6 Å². The molecule has 0 aliphatic carbocycles. The minimum absolute atomic E-state index is 0.0853. The zero-order chi connectivity index (χ0) is 13.5. The molecule has 0 saturated heterocycles. The maximum absolute atomic E-state index is 9.17. The number of aliphatic hydroxyl groups is 2. The topological polar surface area (TPSA) is 40.5 Å². The highest BCUT2D eigenvalue weighted by Crippen LogP contribution is 2.12. The maximum atomic E-state index is 9.17. The Morgan fingerprint density at radius 3 is 1.44 bits per heavy atom. The fourth-order valence-electron chi connectivity index (χ4n) is 2.31. The van der Waals surface area contributed by atoms with Crippen molar-refractivity contribution in [3.05, 3.63) is 0 Å². The first-order chi connectivity index (χ1) is 8.81. The molecule has 18 heavy (non-hydrogen) atoms. The Kier molecular flexibility index (Phi) is 14.9. The fourth-order valence-corrected chi connectivity index (χ4v) is 2.31. The minimum atomic E-state index is -0.492. The van der Waals surface area contributed by atoms with E-state index in [2.05, 4.69) is 6.92 Å². The van der Waals surface area contributed by atoms with Crippen molar-refractivity contribution in [2.24, 2.45) is 0 Å². The summed E-state index contributed by atoms with van der Waals surface area (Å²) in [5.74, 6) is 0. The van der Waals surface area contributed by atoms with Crippen LogP contribution in [-0.2, 0) is 0 Å².